The van der Waals surface area contributed by atoms with Crippen LogP contribution in [0.25, 0.3) is 0 Å². The van der Waals surface area contributed by atoms with Crippen molar-refractivity contribution in [2.75, 3.05) is 26.7 Å². The number of rotatable bonds is 6. The van der Waals surface area contributed by atoms with Crippen LogP contribution in [0.2, 0.25) is 5.02 Å². The van der Waals surface area contributed by atoms with Crippen molar-refractivity contribution in [1.29, 1.82) is 0 Å². The molecule has 2 amide bonds. The van der Waals surface area contributed by atoms with Gasteiger partial charge in [-0.2, -0.15) is 0 Å². The Labute approximate surface area is 239 Å². The van der Waals surface area contributed by atoms with Gasteiger partial charge in [-0.05, 0) is 70.1 Å². The van der Waals surface area contributed by atoms with Gasteiger partial charge in [0, 0.05) is 55.0 Å². The number of amides is 2. The fourth-order valence-electron chi connectivity index (χ4n) is 6.89. The highest BCUT2D eigenvalue weighted by Crippen LogP contribution is 2.40. The molecule has 7 nitrogen and oxygen atoms in total. The molecule has 0 unspecified atom stereocenters. The SMILES string of the molecule is CCC(=O)N(C1CCC(C)CC1)[C@H]1C[C@@H](C(=O)OC)N(C(=O)[C@@H]2CN(C(C)(C)C)C[C@H]2c2ccc(Cl)cc2)C1. The molecule has 1 aliphatic carbocycles. The van der Waals surface area contributed by atoms with E-state index in [1.807, 2.05) is 36.1 Å². The number of ether oxygens (including phenoxy) is 1. The fourth-order valence-corrected chi connectivity index (χ4v) is 7.02. The first kappa shape index (κ1) is 29.9. The van der Waals surface area contributed by atoms with Crippen molar-refractivity contribution in [3.63, 3.8) is 0 Å². The zero-order valence-corrected chi connectivity index (χ0v) is 25.2. The van der Waals surface area contributed by atoms with Crippen molar-refractivity contribution < 1.29 is 19.1 Å². The van der Waals surface area contributed by atoms with Crippen LogP contribution in [0, 0.1) is 11.8 Å². The van der Waals surface area contributed by atoms with Crippen LogP contribution in [-0.4, -0.2) is 82.9 Å². The van der Waals surface area contributed by atoms with Gasteiger partial charge in [0.15, 0.2) is 0 Å². The van der Waals surface area contributed by atoms with Crippen LogP contribution in [0.5, 0.6) is 0 Å². The highest BCUT2D eigenvalue weighted by molar-refractivity contribution is 6.30. The zero-order chi connectivity index (χ0) is 28.5. The van der Waals surface area contributed by atoms with Crippen molar-refractivity contribution in [3.8, 4) is 0 Å². The lowest BCUT2D eigenvalue weighted by Gasteiger charge is -2.40. The summed E-state index contributed by atoms with van der Waals surface area (Å²) in [5, 5.41) is 0.665. The molecule has 3 fully saturated rings. The van der Waals surface area contributed by atoms with E-state index in [2.05, 4.69) is 32.6 Å². The third kappa shape index (κ3) is 6.45. The number of methoxy groups -OCH3 is 1. The Morgan fingerprint density at radius 1 is 1.00 bits per heavy atom. The Morgan fingerprint density at radius 3 is 2.21 bits per heavy atom. The number of hydrogen-bond acceptors (Lipinski definition) is 5. The van der Waals surface area contributed by atoms with Crippen LogP contribution < -0.4 is 0 Å². The predicted octanol–water partition coefficient (Wildman–Crippen LogP) is 5.11. The van der Waals surface area contributed by atoms with Gasteiger partial charge in [0.1, 0.15) is 6.04 Å². The fraction of sp³-hybridized carbons (Fsp3) is 0.710. The molecule has 216 valence electrons. The number of carbonyl (C=O) groups excluding carboxylic acids is 3. The standard InChI is InChI=1S/C31H46ClN3O4/c1-7-28(36)35(23-14-8-20(2)9-15-23)24-16-27(30(38)39-6)34(17-24)29(37)26-19-33(31(3,4)5)18-25(26)21-10-12-22(32)13-11-21/h10-13,20,23-27H,7-9,14-19H2,1-6H3/t20?,23?,24-,25-,26+,27-/m0/s1. The molecular weight excluding hydrogens is 514 g/mol. The van der Waals surface area contributed by atoms with E-state index in [-0.39, 0.29) is 41.3 Å². The average Bonchev–Trinajstić information content (AvgIpc) is 3.55. The maximum atomic E-state index is 14.4. The van der Waals surface area contributed by atoms with Gasteiger partial charge in [-0.3, -0.25) is 14.5 Å². The van der Waals surface area contributed by atoms with Crippen molar-refractivity contribution in [2.45, 2.75) is 103 Å². The summed E-state index contributed by atoms with van der Waals surface area (Å²) in [6, 6.07) is 7.07. The lowest BCUT2D eigenvalue weighted by molar-refractivity contribution is -0.152. The maximum absolute atomic E-state index is 14.4. The Balaban J connectivity index is 1.63. The summed E-state index contributed by atoms with van der Waals surface area (Å²) in [7, 11) is 1.38. The topological polar surface area (TPSA) is 70.2 Å². The Bertz CT molecular complexity index is 1030. The number of carbonyl (C=O) groups is 3. The highest BCUT2D eigenvalue weighted by Gasteiger charge is 2.50. The second kappa shape index (κ2) is 12.2. The van der Waals surface area contributed by atoms with Gasteiger partial charge in [-0.25, -0.2) is 4.79 Å². The van der Waals surface area contributed by atoms with Crippen LogP contribution in [0.4, 0.5) is 0 Å². The summed E-state index contributed by atoms with van der Waals surface area (Å²) in [6.07, 6.45) is 4.99. The van der Waals surface area contributed by atoms with Gasteiger partial charge in [-0.1, -0.05) is 37.6 Å². The molecule has 2 heterocycles. The van der Waals surface area contributed by atoms with Crippen LogP contribution in [0.3, 0.4) is 0 Å². The molecule has 4 atom stereocenters. The van der Waals surface area contributed by atoms with E-state index in [0.29, 0.717) is 36.9 Å². The molecule has 0 N–H and O–H groups in total. The molecule has 4 rings (SSSR count). The summed E-state index contributed by atoms with van der Waals surface area (Å²) < 4.78 is 5.19. The van der Waals surface area contributed by atoms with E-state index in [4.69, 9.17) is 16.3 Å². The second-order valence-electron chi connectivity index (χ2n) is 12.8. The third-order valence-corrected chi connectivity index (χ3v) is 9.53. The summed E-state index contributed by atoms with van der Waals surface area (Å²) in [5.41, 5.74) is 0.978. The molecule has 0 aromatic heterocycles. The van der Waals surface area contributed by atoms with E-state index in [1.54, 1.807) is 4.90 Å². The molecule has 0 spiro atoms. The minimum atomic E-state index is -0.684. The minimum absolute atomic E-state index is 0.0143. The molecule has 2 aliphatic heterocycles. The second-order valence-corrected chi connectivity index (χ2v) is 13.3. The zero-order valence-electron chi connectivity index (χ0n) is 24.5. The molecule has 0 radical (unpaired) electrons. The number of halogens is 1. The van der Waals surface area contributed by atoms with Crippen molar-refractivity contribution >= 4 is 29.4 Å². The summed E-state index contributed by atoms with van der Waals surface area (Å²) in [5.74, 6) is 0.0294. The van der Waals surface area contributed by atoms with Crippen LogP contribution >= 0.6 is 11.6 Å². The largest absolute Gasteiger partial charge is 0.467 e. The smallest absolute Gasteiger partial charge is 0.328 e. The van der Waals surface area contributed by atoms with Gasteiger partial charge < -0.3 is 14.5 Å². The van der Waals surface area contributed by atoms with E-state index in [9.17, 15) is 14.4 Å². The van der Waals surface area contributed by atoms with E-state index >= 15 is 0 Å². The summed E-state index contributed by atoms with van der Waals surface area (Å²) in [4.78, 5) is 46.8. The monoisotopic (exact) mass is 559 g/mol. The maximum Gasteiger partial charge on any atom is 0.328 e. The highest BCUT2D eigenvalue weighted by atomic mass is 35.5. The Morgan fingerprint density at radius 2 is 1.64 bits per heavy atom. The van der Waals surface area contributed by atoms with Crippen molar-refractivity contribution in [1.82, 2.24) is 14.7 Å². The molecule has 0 bridgehead atoms. The normalized spacial score (nSPS) is 29.9. The molecular formula is C31H46ClN3O4. The van der Waals surface area contributed by atoms with Gasteiger partial charge in [0.25, 0.3) is 0 Å². The molecule has 1 aromatic carbocycles. The summed E-state index contributed by atoms with van der Waals surface area (Å²) >= 11 is 6.18. The van der Waals surface area contributed by atoms with Crippen LogP contribution in [0.1, 0.15) is 84.6 Å². The molecule has 39 heavy (non-hydrogen) atoms. The lowest BCUT2D eigenvalue weighted by atomic mass is 9.85. The minimum Gasteiger partial charge on any atom is -0.467 e. The van der Waals surface area contributed by atoms with Gasteiger partial charge in [-0.15, -0.1) is 0 Å². The van der Waals surface area contributed by atoms with Gasteiger partial charge >= 0.3 is 5.97 Å². The quantitative estimate of drug-likeness (QED) is 0.453. The van der Waals surface area contributed by atoms with Crippen molar-refractivity contribution in [3.05, 3.63) is 34.9 Å². The lowest BCUT2D eigenvalue weighted by Crippen LogP contribution is -2.50. The van der Waals surface area contributed by atoms with Crippen LogP contribution in [-0.2, 0) is 19.1 Å². The Hall–Kier alpha value is -2.12. The number of hydrogen-bond donors (Lipinski definition) is 0. The van der Waals surface area contributed by atoms with E-state index in [1.165, 1.54) is 7.11 Å². The van der Waals surface area contributed by atoms with Gasteiger partial charge in [0.2, 0.25) is 11.8 Å². The first-order chi connectivity index (χ1) is 18.4. The summed E-state index contributed by atoms with van der Waals surface area (Å²) in [6.45, 7) is 12.4. The molecule has 8 heteroatoms. The number of likely N-dealkylation sites (tertiary alicyclic amines) is 2. The first-order valence-corrected chi connectivity index (χ1v) is 15.0. The third-order valence-electron chi connectivity index (χ3n) is 9.28. The van der Waals surface area contributed by atoms with Crippen LogP contribution in [0.15, 0.2) is 24.3 Å². The molecule has 2 saturated heterocycles. The molecule has 3 aliphatic rings. The van der Waals surface area contributed by atoms with Gasteiger partial charge in [0.05, 0.1) is 19.1 Å². The predicted molar refractivity (Wildman–Crippen MR) is 153 cm³/mol. The average molecular weight is 560 g/mol. The van der Waals surface area contributed by atoms with E-state index < -0.39 is 12.0 Å². The number of esters is 1. The Kier molecular flexibility index (Phi) is 9.32. The number of benzene rings is 1. The van der Waals surface area contributed by atoms with E-state index in [0.717, 1.165) is 37.8 Å². The molecule has 1 aromatic rings. The number of nitrogens with zero attached hydrogens (tertiary/aromatic N) is 3. The first-order valence-electron chi connectivity index (χ1n) is 14.6. The van der Waals surface area contributed by atoms with Crippen molar-refractivity contribution in [2.24, 2.45) is 11.8 Å². The molecule has 1 saturated carbocycles.